The summed E-state index contributed by atoms with van der Waals surface area (Å²) < 4.78 is 6.91. The number of benzene rings is 6. The second-order valence-electron chi connectivity index (χ2n) is 10.2. The average Bonchev–Trinajstić information content (AvgIpc) is 2.92. The van der Waals surface area contributed by atoms with Crippen LogP contribution in [0.1, 0.15) is 25.0 Å². The Labute approximate surface area is 211 Å². The van der Waals surface area contributed by atoms with Crippen LogP contribution in [-0.4, -0.2) is 0 Å². The third-order valence-corrected chi connectivity index (χ3v) is 7.70. The molecule has 7 rings (SSSR count). The lowest BCUT2D eigenvalue weighted by Crippen LogP contribution is -2.25. The van der Waals surface area contributed by atoms with E-state index in [-0.39, 0.29) is 5.41 Å². The summed E-state index contributed by atoms with van der Waals surface area (Å²) in [6.07, 6.45) is 0. The molecule has 0 bridgehead atoms. The maximum Gasteiger partial charge on any atom is 0.139 e. The van der Waals surface area contributed by atoms with Gasteiger partial charge in [-0.1, -0.05) is 123 Å². The fourth-order valence-corrected chi connectivity index (χ4v) is 5.69. The van der Waals surface area contributed by atoms with E-state index in [4.69, 9.17) is 4.74 Å². The SMILES string of the molecule is CC1(C)c2cccc(-c3ccc4ccccc4c3)c2Oc2c(-c3ccc4ccccc4c3)cccc21. The van der Waals surface area contributed by atoms with Crippen molar-refractivity contribution in [2.24, 2.45) is 0 Å². The third kappa shape index (κ3) is 3.17. The first-order valence-corrected chi connectivity index (χ1v) is 12.5. The van der Waals surface area contributed by atoms with Crippen molar-refractivity contribution in [2.75, 3.05) is 0 Å². The summed E-state index contributed by atoms with van der Waals surface area (Å²) in [5.41, 5.74) is 6.85. The van der Waals surface area contributed by atoms with Gasteiger partial charge in [-0.15, -0.1) is 0 Å². The van der Waals surface area contributed by atoms with Crippen molar-refractivity contribution in [2.45, 2.75) is 19.3 Å². The predicted octanol–water partition coefficient (Wildman–Crippen LogP) is 9.76. The van der Waals surface area contributed by atoms with Crippen LogP contribution in [0.3, 0.4) is 0 Å². The van der Waals surface area contributed by atoms with Crippen molar-refractivity contribution in [3.05, 3.63) is 132 Å². The molecule has 0 radical (unpaired) electrons. The molecule has 0 N–H and O–H groups in total. The van der Waals surface area contributed by atoms with Crippen LogP contribution in [0.25, 0.3) is 43.8 Å². The number of ether oxygens (including phenoxy) is 1. The van der Waals surface area contributed by atoms with Crippen molar-refractivity contribution in [1.82, 2.24) is 0 Å². The molecule has 1 nitrogen and oxygen atoms in total. The van der Waals surface area contributed by atoms with Crippen molar-refractivity contribution in [3.63, 3.8) is 0 Å². The highest BCUT2D eigenvalue weighted by Crippen LogP contribution is 2.54. The fourth-order valence-electron chi connectivity index (χ4n) is 5.69. The van der Waals surface area contributed by atoms with Gasteiger partial charge in [0.25, 0.3) is 0 Å². The van der Waals surface area contributed by atoms with E-state index in [1.165, 1.54) is 43.8 Å². The Morgan fingerprint density at radius 3 is 1.36 bits per heavy atom. The molecule has 172 valence electrons. The Morgan fingerprint density at radius 1 is 0.444 bits per heavy atom. The molecule has 6 aromatic carbocycles. The number of hydrogen-bond donors (Lipinski definition) is 0. The molecule has 0 saturated carbocycles. The Hall–Kier alpha value is -4.36. The molecule has 1 aliphatic heterocycles. The van der Waals surface area contributed by atoms with Gasteiger partial charge < -0.3 is 4.74 Å². The monoisotopic (exact) mass is 462 g/mol. The summed E-state index contributed by atoms with van der Waals surface area (Å²) in [5, 5.41) is 4.97. The molecule has 0 atom stereocenters. The molecule has 0 aliphatic carbocycles. The molecule has 0 amide bonds. The standard InChI is InChI=1S/C35H26O/c1-35(2)31-15-7-13-29(27-19-17-23-9-3-5-11-25(23)21-27)33(31)36-34-30(14-8-16-32(34)35)28-20-18-24-10-4-6-12-26(24)22-28/h3-22H,1-2H3. The summed E-state index contributed by atoms with van der Waals surface area (Å²) >= 11 is 0. The maximum absolute atomic E-state index is 6.91. The summed E-state index contributed by atoms with van der Waals surface area (Å²) in [7, 11) is 0. The van der Waals surface area contributed by atoms with Gasteiger partial charge in [0, 0.05) is 27.7 Å². The van der Waals surface area contributed by atoms with E-state index < -0.39 is 0 Å². The Balaban J connectivity index is 1.43. The van der Waals surface area contributed by atoms with E-state index in [1.807, 2.05) is 0 Å². The van der Waals surface area contributed by atoms with Crippen molar-refractivity contribution in [3.8, 4) is 33.8 Å². The molecule has 0 unspecified atom stereocenters. The molecule has 6 aromatic rings. The fraction of sp³-hybridized carbons (Fsp3) is 0.0857. The van der Waals surface area contributed by atoms with Crippen LogP contribution in [0.5, 0.6) is 11.5 Å². The molecule has 0 saturated heterocycles. The van der Waals surface area contributed by atoms with E-state index in [9.17, 15) is 0 Å². The zero-order valence-electron chi connectivity index (χ0n) is 20.5. The van der Waals surface area contributed by atoms with Gasteiger partial charge in [-0.2, -0.15) is 0 Å². The number of hydrogen-bond acceptors (Lipinski definition) is 1. The highest BCUT2D eigenvalue weighted by molar-refractivity contribution is 5.91. The van der Waals surface area contributed by atoms with E-state index in [2.05, 4.69) is 135 Å². The highest BCUT2D eigenvalue weighted by atomic mass is 16.5. The molecule has 0 fully saturated rings. The van der Waals surface area contributed by atoms with Gasteiger partial charge in [0.2, 0.25) is 0 Å². The summed E-state index contributed by atoms with van der Waals surface area (Å²) in [5.74, 6) is 1.91. The summed E-state index contributed by atoms with van der Waals surface area (Å²) in [4.78, 5) is 0. The first-order valence-electron chi connectivity index (χ1n) is 12.5. The van der Waals surface area contributed by atoms with Crippen LogP contribution < -0.4 is 4.74 Å². The molecule has 0 aromatic heterocycles. The van der Waals surface area contributed by atoms with Crippen LogP contribution in [0.15, 0.2) is 121 Å². The zero-order valence-corrected chi connectivity index (χ0v) is 20.5. The number of rotatable bonds is 2. The van der Waals surface area contributed by atoms with Gasteiger partial charge >= 0.3 is 0 Å². The van der Waals surface area contributed by atoms with Gasteiger partial charge in [-0.3, -0.25) is 0 Å². The average molecular weight is 463 g/mol. The van der Waals surface area contributed by atoms with Crippen LogP contribution in [-0.2, 0) is 5.41 Å². The van der Waals surface area contributed by atoms with Crippen LogP contribution >= 0.6 is 0 Å². The van der Waals surface area contributed by atoms with Gasteiger partial charge in [0.05, 0.1) is 0 Å². The lowest BCUT2D eigenvalue weighted by molar-refractivity contribution is 0.421. The first-order chi connectivity index (χ1) is 17.6. The van der Waals surface area contributed by atoms with Crippen molar-refractivity contribution >= 4 is 21.5 Å². The smallest absolute Gasteiger partial charge is 0.139 e. The molecular formula is C35H26O. The molecule has 1 heterocycles. The van der Waals surface area contributed by atoms with Crippen LogP contribution in [0, 0.1) is 0 Å². The Kier molecular flexibility index (Phi) is 4.56. The van der Waals surface area contributed by atoms with E-state index in [1.54, 1.807) is 0 Å². The number of fused-ring (bicyclic) bond motifs is 4. The minimum atomic E-state index is -0.192. The minimum Gasteiger partial charge on any atom is -0.455 e. The molecule has 0 spiro atoms. The Bertz CT molecular complexity index is 1660. The quantitative estimate of drug-likeness (QED) is 0.249. The van der Waals surface area contributed by atoms with Crippen molar-refractivity contribution in [1.29, 1.82) is 0 Å². The first kappa shape index (κ1) is 21.0. The minimum absolute atomic E-state index is 0.192. The van der Waals surface area contributed by atoms with Gasteiger partial charge in [0.15, 0.2) is 0 Å². The number of para-hydroxylation sites is 2. The normalized spacial score (nSPS) is 13.7. The maximum atomic E-state index is 6.91. The summed E-state index contributed by atoms with van der Waals surface area (Å²) in [6.45, 7) is 4.61. The van der Waals surface area contributed by atoms with E-state index >= 15 is 0 Å². The second-order valence-corrected chi connectivity index (χ2v) is 10.2. The van der Waals surface area contributed by atoms with Crippen molar-refractivity contribution < 1.29 is 4.74 Å². The zero-order chi connectivity index (χ0) is 24.3. The lowest BCUT2D eigenvalue weighted by Gasteiger charge is -2.36. The van der Waals surface area contributed by atoms with Gasteiger partial charge in [-0.05, 0) is 44.8 Å². The van der Waals surface area contributed by atoms with Crippen LogP contribution in [0.4, 0.5) is 0 Å². The molecule has 1 heteroatoms. The molecule has 1 aliphatic rings. The summed E-state index contributed by atoms with van der Waals surface area (Å²) in [6, 6.07) is 43.5. The third-order valence-electron chi connectivity index (χ3n) is 7.70. The molecule has 36 heavy (non-hydrogen) atoms. The molecular weight excluding hydrogens is 436 g/mol. The highest BCUT2D eigenvalue weighted by Gasteiger charge is 2.36. The topological polar surface area (TPSA) is 9.23 Å². The second kappa shape index (κ2) is 7.83. The van der Waals surface area contributed by atoms with Crippen LogP contribution in [0.2, 0.25) is 0 Å². The predicted molar refractivity (Wildman–Crippen MR) is 151 cm³/mol. The van der Waals surface area contributed by atoms with E-state index in [0.29, 0.717) is 0 Å². The Morgan fingerprint density at radius 2 is 0.889 bits per heavy atom. The largest absolute Gasteiger partial charge is 0.455 e. The van der Waals surface area contributed by atoms with Gasteiger partial charge in [0.1, 0.15) is 11.5 Å². The lowest BCUT2D eigenvalue weighted by atomic mass is 9.74. The van der Waals surface area contributed by atoms with E-state index in [0.717, 1.165) is 22.6 Å². The van der Waals surface area contributed by atoms with Gasteiger partial charge in [-0.25, -0.2) is 0 Å².